The molecule has 1 fully saturated rings. The van der Waals surface area contributed by atoms with Gasteiger partial charge in [-0.25, -0.2) is 4.79 Å². The molecule has 2 N–H and O–H groups in total. The molecule has 29 heavy (non-hydrogen) atoms. The smallest absolute Gasteiger partial charge is 0.322 e. The van der Waals surface area contributed by atoms with E-state index in [2.05, 4.69) is 10.6 Å². The Morgan fingerprint density at radius 2 is 1.83 bits per heavy atom. The maximum atomic E-state index is 12.9. The molecule has 0 aromatic heterocycles. The number of anilines is 1. The molecule has 1 aliphatic heterocycles. The molecular formula is C18H14Cl2N4O5. The highest BCUT2D eigenvalue weighted by Crippen LogP contribution is 2.32. The zero-order valence-corrected chi connectivity index (χ0v) is 16.5. The largest absolute Gasteiger partial charge is 0.325 e. The summed E-state index contributed by atoms with van der Waals surface area (Å²) in [4.78, 5) is 48.7. The highest BCUT2D eigenvalue weighted by atomic mass is 35.5. The van der Waals surface area contributed by atoms with Gasteiger partial charge in [0.05, 0.1) is 20.7 Å². The monoisotopic (exact) mass is 436 g/mol. The van der Waals surface area contributed by atoms with Crippen LogP contribution in [0.25, 0.3) is 0 Å². The molecule has 0 saturated carbocycles. The summed E-state index contributed by atoms with van der Waals surface area (Å²) < 4.78 is 0. The van der Waals surface area contributed by atoms with Crippen molar-refractivity contribution in [3.8, 4) is 0 Å². The first-order valence-corrected chi connectivity index (χ1v) is 9.02. The van der Waals surface area contributed by atoms with Crippen LogP contribution >= 0.6 is 23.2 Å². The standard InChI is InChI=1S/C18H14Cl2N4O5/c1-18(10-4-2-5-11(8-10)24(28)29)16(26)23(17(27)22-18)9-14(25)21-15-12(19)6-3-7-13(15)20/h2-8H,9H2,1H3,(H,21,25)(H,22,27). The van der Waals surface area contributed by atoms with Crippen LogP contribution in [0.15, 0.2) is 42.5 Å². The van der Waals surface area contributed by atoms with Crippen molar-refractivity contribution in [2.24, 2.45) is 0 Å². The number of halogens is 2. The molecule has 0 radical (unpaired) electrons. The third kappa shape index (κ3) is 3.87. The Kier molecular flexibility index (Phi) is 5.45. The zero-order chi connectivity index (χ0) is 21.3. The van der Waals surface area contributed by atoms with Crippen molar-refractivity contribution in [2.75, 3.05) is 11.9 Å². The summed E-state index contributed by atoms with van der Waals surface area (Å²) in [5.74, 6) is -1.41. The average Bonchev–Trinajstić information content (AvgIpc) is 2.89. The Hall–Kier alpha value is -3.17. The highest BCUT2D eigenvalue weighted by Gasteiger charge is 2.49. The van der Waals surface area contributed by atoms with E-state index in [1.165, 1.54) is 43.3 Å². The van der Waals surface area contributed by atoms with Gasteiger partial charge >= 0.3 is 6.03 Å². The van der Waals surface area contributed by atoms with Gasteiger partial charge in [0.25, 0.3) is 11.6 Å². The minimum atomic E-state index is -1.55. The predicted molar refractivity (Wildman–Crippen MR) is 106 cm³/mol. The number of carbonyl (C=O) groups excluding carboxylic acids is 3. The van der Waals surface area contributed by atoms with Crippen molar-refractivity contribution in [3.05, 3.63) is 68.2 Å². The zero-order valence-electron chi connectivity index (χ0n) is 14.9. The lowest BCUT2D eigenvalue weighted by Gasteiger charge is -2.22. The van der Waals surface area contributed by atoms with Gasteiger partial charge in [0.1, 0.15) is 12.1 Å². The number of urea groups is 1. The molecule has 1 heterocycles. The highest BCUT2D eigenvalue weighted by molar-refractivity contribution is 6.39. The molecule has 11 heteroatoms. The Morgan fingerprint density at radius 3 is 2.45 bits per heavy atom. The summed E-state index contributed by atoms with van der Waals surface area (Å²) in [6.45, 7) is 0.825. The number of hydrogen-bond donors (Lipinski definition) is 2. The second kappa shape index (κ2) is 7.69. The Balaban J connectivity index is 1.81. The molecule has 0 aliphatic carbocycles. The van der Waals surface area contributed by atoms with Crippen molar-refractivity contribution in [1.82, 2.24) is 10.2 Å². The van der Waals surface area contributed by atoms with Gasteiger partial charge in [-0.15, -0.1) is 0 Å². The summed E-state index contributed by atoms with van der Waals surface area (Å²) in [7, 11) is 0. The number of amides is 4. The second-order valence-electron chi connectivity index (χ2n) is 6.40. The molecule has 3 rings (SSSR count). The summed E-state index contributed by atoms with van der Waals surface area (Å²) in [5.41, 5.74) is -1.39. The summed E-state index contributed by atoms with van der Waals surface area (Å²) >= 11 is 12.0. The number of nitrogens with one attached hydrogen (secondary N) is 2. The molecule has 0 bridgehead atoms. The lowest BCUT2D eigenvalue weighted by atomic mass is 9.91. The van der Waals surface area contributed by atoms with E-state index in [0.717, 1.165) is 4.90 Å². The van der Waals surface area contributed by atoms with Crippen LogP contribution < -0.4 is 10.6 Å². The van der Waals surface area contributed by atoms with Crippen LogP contribution in [0.1, 0.15) is 12.5 Å². The fourth-order valence-corrected chi connectivity index (χ4v) is 3.40. The van der Waals surface area contributed by atoms with Crippen molar-refractivity contribution < 1.29 is 19.3 Å². The third-order valence-corrected chi connectivity index (χ3v) is 5.07. The molecule has 150 valence electrons. The fraction of sp³-hybridized carbons (Fsp3) is 0.167. The van der Waals surface area contributed by atoms with E-state index in [0.29, 0.717) is 0 Å². The summed E-state index contributed by atoms with van der Waals surface area (Å²) in [6, 6.07) is 9.21. The molecule has 1 saturated heterocycles. The van der Waals surface area contributed by atoms with Crippen LogP contribution in [-0.4, -0.2) is 34.2 Å². The van der Waals surface area contributed by atoms with Crippen LogP contribution in [0.4, 0.5) is 16.2 Å². The lowest BCUT2D eigenvalue weighted by Crippen LogP contribution is -2.42. The maximum Gasteiger partial charge on any atom is 0.325 e. The number of benzene rings is 2. The fourth-order valence-electron chi connectivity index (χ4n) is 2.91. The van der Waals surface area contributed by atoms with Gasteiger partial charge < -0.3 is 10.6 Å². The predicted octanol–water partition coefficient (Wildman–Crippen LogP) is 3.31. The molecule has 1 aliphatic rings. The van der Waals surface area contributed by atoms with Crippen LogP contribution in [0.5, 0.6) is 0 Å². The number of nitro benzene ring substituents is 1. The molecule has 1 atom stereocenters. The minimum Gasteiger partial charge on any atom is -0.322 e. The number of para-hydroxylation sites is 1. The van der Waals surface area contributed by atoms with Crippen LogP contribution in [-0.2, 0) is 15.1 Å². The lowest BCUT2D eigenvalue weighted by molar-refractivity contribution is -0.385. The Bertz CT molecular complexity index is 1020. The molecule has 2 aromatic carbocycles. The summed E-state index contributed by atoms with van der Waals surface area (Å²) in [6.07, 6.45) is 0. The first-order chi connectivity index (χ1) is 13.6. The van der Waals surface area contributed by atoms with Gasteiger partial charge in [-0.05, 0) is 24.6 Å². The van der Waals surface area contributed by atoms with E-state index in [-0.39, 0.29) is 27.0 Å². The molecular weight excluding hydrogens is 423 g/mol. The number of rotatable bonds is 5. The van der Waals surface area contributed by atoms with Gasteiger partial charge in [-0.2, -0.15) is 0 Å². The molecule has 0 spiro atoms. The average molecular weight is 437 g/mol. The van der Waals surface area contributed by atoms with E-state index in [9.17, 15) is 24.5 Å². The van der Waals surface area contributed by atoms with E-state index >= 15 is 0 Å². The van der Waals surface area contributed by atoms with Crippen molar-refractivity contribution in [2.45, 2.75) is 12.5 Å². The van der Waals surface area contributed by atoms with Crippen LogP contribution in [0.2, 0.25) is 10.0 Å². The van der Waals surface area contributed by atoms with E-state index in [4.69, 9.17) is 23.2 Å². The number of hydrogen-bond acceptors (Lipinski definition) is 5. The summed E-state index contributed by atoms with van der Waals surface area (Å²) in [5, 5.41) is 16.4. The second-order valence-corrected chi connectivity index (χ2v) is 7.21. The third-order valence-electron chi connectivity index (χ3n) is 4.44. The van der Waals surface area contributed by atoms with E-state index < -0.39 is 34.9 Å². The maximum absolute atomic E-state index is 12.9. The first kappa shape index (κ1) is 20.6. The van der Waals surface area contributed by atoms with Crippen LogP contribution in [0, 0.1) is 10.1 Å². The van der Waals surface area contributed by atoms with E-state index in [1.54, 1.807) is 6.07 Å². The molecule has 1 unspecified atom stereocenters. The number of non-ortho nitro benzene ring substituents is 1. The molecule has 4 amide bonds. The minimum absolute atomic E-state index is 0.161. The molecule has 2 aromatic rings. The van der Waals surface area contributed by atoms with Gasteiger partial charge in [0.15, 0.2) is 0 Å². The van der Waals surface area contributed by atoms with Gasteiger partial charge in [0, 0.05) is 12.1 Å². The number of imide groups is 1. The topological polar surface area (TPSA) is 122 Å². The number of nitrogens with zero attached hydrogens (tertiary/aromatic N) is 2. The first-order valence-electron chi connectivity index (χ1n) is 8.26. The van der Waals surface area contributed by atoms with Crippen molar-refractivity contribution in [1.29, 1.82) is 0 Å². The quantitative estimate of drug-likeness (QED) is 0.422. The number of carbonyl (C=O) groups is 3. The van der Waals surface area contributed by atoms with E-state index in [1.807, 2.05) is 0 Å². The SMILES string of the molecule is CC1(c2cccc([N+](=O)[O-])c2)NC(=O)N(CC(=O)Nc2c(Cl)cccc2Cl)C1=O. The van der Waals surface area contributed by atoms with Gasteiger partial charge in [0.2, 0.25) is 5.91 Å². The number of nitro groups is 1. The van der Waals surface area contributed by atoms with Crippen LogP contribution in [0.3, 0.4) is 0 Å². The normalized spacial score (nSPS) is 18.5. The Morgan fingerprint density at radius 1 is 1.21 bits per heavy atom. The Labute approximate surface area is 174 Å². The van der Waals surface area contributed by atoms with Crippen molar-refractivity contribution >= 4 is 52.4 Å². The van der Waals surface area contributed by atoms with Gasteiger partial charge in [-0.1, -0.05) is 41.4 Å². The van der Waals surface area contributed by atoms with Crippen molar-refractivity contribution in [3.63, 3.8) is 0 Å². The van der Waals surface area contributed by atoms with Gasteiger partial charge in [-0.3, -0.25) is 24.6 Å². The molecule has 9 nitrogen and oxygen atoms in total.